The van der Waals surface area contributed by atoms with Crippen LogP contribution in [0.25, 0.3) is 21.4 Å². The molecule has 0 spiro atoms. The molecule has 0 radical (unpaired) electrons. The fourth-order valence-corrected chi connectivity index (χ4v) is 8.57. The second kappa shape index (κ2) is 14.0. The standard InChI is InChI=1S/C43H45N3O4S/c1-8-10-11-14-22-46-35-19-17-27(36-20-18-28(51-36)24-33(44-7)41(49)50)23-32(35)43(5,6)38(46)26-30-39(47)29(40(30)48)25-37-42(3,4)31-15-12-13-16-34(31)45(37)21-9-2/h12-13,15-20,23-26H,8-11,14,21-22H2,1-6H3,(H-,47,48,49,50)/b33-24-. The molecular formula is C43H45N3O4S. The monoisotopic (exact) mass is 699 g/mol. The van der Waals surface area contributed by atoms with E-state index in [0.717, 1.165) is 84.0 Å². The molecule has 0 fully saturated rings. The Hall–Kier alpha value is -5.00. The molecule has 3 aromatic rings. The predicted molar refractivity (Wildman–Crippen MR) is 204 cm³/mol. The van der Waals surface area contributed by atoms with Crippen molar-refractivity contribution in [1.82, 2.24) is 0 Å². The lowest BCUT2D eigenvalue weighted by Gasteiger charge is -2.33. The van der Waals surface area contributed by atoms with Gasteiger partial charge in [0.1, 0.15) is 6.54 Å². The zero-order valence-corrected chi connectivity index (χ0v) is 31.1. The minimum Gasteiger partial charge on any atom is -0.871 e. The van der Waals surface area contributed by atoms with Crippen LogP contribution in [0.15, 0.2) is 95.0 Å². The number of ketones is 1. The minimum atomic E-state index is -1.24. The largest absolute Gasteiger partial charge is 0.871 e. The van der Waals surface area contributed by atoms with E-state index >= 15 is 0 Å². The SMILES string of the molecule is [C-]#[N+]/C(=C\c1ccc(-c2ccc3c(c2)C(C)(C)C(=CC2=C([O-])C(=CC4=[N+](CCC)c5ccccc5C4(C)C)C2=O)N3CCCCCC)s1)C(=O)O. The van der Waals surface area contributed by atoms with Gasteiger partial charge in [0.15, 0.2) is 11.5 Å². The van der Waals surface area contributed by atoms with Crippen LogP contribution in [0.2, 0.25) is 0 Å². The highest BCUT2D eigenvalue weighted by molar-refractivity contribution is 7.16. The second-order valence-corrected chi connectivity index (χ2v) is 15.7. The Morgan fingerprint density at radius 2 is 1.75 bits per heavy atom. The number of Topliss-reactive ketones (excluding diaryl/α,β-unsaturated/α-hetero) is 1. The van der Waals surface area contributed by atoms with Crippen LogP contribution in [0.1, 0.15) is 89.7 Å². The smallest absolute Gasteiger partial charge is 0.333 e. The number of thiophene rings is 1. The number of aliphatic carboxylic acids is 1. The van der Waals surface area contributed by atoms with Gasteiger partial charge < -0.3 is 15.1 Å². The van der Waals surface area contributed by atoms with Crippen LogP contribution in [-0.2, 0) is 20.4 Å². The number of allylic oxidation sites excluding steroid dienone is 5. The van der Waals surface area contributed by atoms with E-state index in [-0.39, 0.29) is 33.8 Å². The van der Waals surface area contributed by atoms with Gasteiger partial charge in [-0.2, -0.15) is 4.58 Å². The summed E-state index contributed by atoms with van der Waals surface area (Å²) in [5.41, 5.74) is 6.72. The highest BCUT2D eigenvalue weighted by Gasteiger charge is 2.46. The predicted octanol–water partition coefficient (Wildman–Crippen LogP) is 8.93. The Morgan fingerprint density at radius 1 is 0.980 bits per heavy atom. The van der Waals surface area contributed by atoms with Crippen LogP contribution in [0.4, 0.5) is 11.4 Å². The lowest BCUT2D eigenvalue weighted by molar-refractivity contribution is -0.437. The van der Waals surface area contributed by atoms with Gasteiger partial charge in [-0.05, 0) is 67.8 Å². The van der Waals surface area contributed by atoms with Crippen LogP contribution in [0.5, 0.6) is 0 Å². The summed E-state index contributed by atoms with van der Waals surface area (Å²) >= 11 is 1.43. The van der Waals surface area contributed by atoms with Crippen LogP contribution in [-0.4, -0.2) is 40.2 Å². The molecule has 262 valence electrons. The van der Waals surface area contributed by atoms with E-state index in [4.69, 9.17) is 6.57 Å². The van der Waals surface area contributed by atoms with E-state index in [1.165, 1.54) is 23.0 Å². The number of carboxylic acids is 1. The average Bonchev–Trinajstić information content (AvgIpc) is 3.72. The molecule has 0 saturated heterocycles. The molecule has 7 nitrogen and oxygen atoms in total. The van der Waals surface area contributed by atoms with Gasteiger partial charge >= 0.3 is 5.97 Å². The zero-order chi connectivity index (χ0) is 36.7. The number of nitrogens with zero attached hydrogens (tertiary/aromatic N) is 3. The molecule has 3 aliphatic rings. The van der Waals surface area contributed by atoms with E-state index in [1.54, 1.807) is 0 Å². The number of carboxylic acid groups (broad SMARTS) is 1. The number of hydrogen-bond acceptors (Lipinski definition) is 5. The van der Waals surface area contributed by atoms with Crippen molar-refractivity contribution in [3.63, 3.8) is 0 Å². The summed E-state index contributed by atoms with van der Waals surface area (Å²) in [6.07, 6.45) is 10.4. The first-order valence-corrected chi connectivity index (χ1v) is 18.7. The number of carbonyl (C=O) groups is 2. The maximum atomic E-state index is 13.9. The number of para-hydroxylation sites is 1. The Kier molecular flexibility index (Phi) is 9.80. The molecule has 2 aromatic carbocycles. The Bertz CT molecular complexity index is 2130. The summed E-state index contributed by atoms with van der Waals surface area (Å²) in [5.74, 6) is -1.66. The number of benzene rings is 2. The first-order valence-electron chi connectivity index (χ1n) is 17.8. The Labute approximate surface area is 305 Å². The average molecular weight is 700 g/mol. The van der Waals surface area contributed by atoms with Gasteiger partial charge in [-0.3, -0.25) is 9.59 Å². The third kappa shape index (κ3) is 6.29. The summed E-state index contributed by atoms with van der Waals surface area (Å²) in [7, 11) is 0. The molecule has 1 aliphatic carbocycles. The van der Waals surface area contributed by atoms with E-state index in [2.05, 4.69) is 86.2 Å². The number of fused-ring (bicyclic) bond motifs is 2. The molecular weight excluding hydrogens is 655 g/mol. The zero-order valence-electron chi connectivity index (χ0n) is 30.3. The van der Waals surface area contributed by atoms with Crippen molar-refractivity contribution in [3.8, 4) is 10.4 Å². The minimum absolute atomic E-state index is 0.208. The van der Waals surface area contributed by atoms with Gasteiger partial charge in [0, 0.05) is 68.4 Å². The molecule has 51 heavy (non-hydrogen) atoms. The highest BCUT2D eigenvalue weighted by Crippen LogP contribution is 2.51. The summed E-state index contributed by atoms with van der Waals surface area (Å²) < 4.78 is 2.26. The Balaban J connectivity index is 1.38. The quantitative estimate of drug-likeness (QED) is 0.0883. The van der Waals surface area contributed by atoms with Gasteiger partial charge in [-0.25, -0.2) is 4.85 Å². The lowest BCUT2D eigenvalue weighted by atomic mass is 9.77. The number of anilines is 1. The molecule has 0 atom stereocenters. The van der Waals surface area contributed by atoms with Gasteiger partial charge in [-0.15, -0.1) is 11.3 Å². The van der Waals surface area contributed by atoms with E-state index in [0.29, 0.717) is 4.88 Å². The van der Waals surface area contributed by atoms with Gasteiger partial charge in [0.2, 0.25) is 5.69 Å². The molecule has 1 aromatic heterocycles. The number of carbonyl (C=O) groups excluding carboxylic acids is 1. The highest BCUT2D eigenvalue weighted by atomic mass is 32.1. The van der Waals surface area contributed by atoms with E-state index in [1.807, 2.05) is 36.4 Å². The van der Waals surface area contributed by atoms with Gasteiger partial charge in [0.25, 0.3) is 5.70 Å². The fraction of sp³-hybridized carbons (Fsp3) is 0.349. The maximum Gasteiger partial charge on any atom is 0.333 e. The normalized spacial score (nSPS) is 19.1. The van der Waals surface area contributed by atoms with E-state index < -0.39 is 11.4 Å². The first kappa shape index (κ1) is 35.8. The third-order valence-corrected chi connectivity index (χ3v) is 11.5. The molecule has 0 saturated carbocycles. The first-order chi connectivity index (χ1) is 24.3. The van der Waals surface area contributed by atoms with Crippen molar-refractivity contribution in [2.24, 2.45) is 0 Å². The van der Waals surface area contributed by atoms with Gasteiger partial charge in [-0.1, -0.05) is 77.0 Å². The summed E-state index contributed by atoms with van der Waals surface area (Å²) in [6.45, 7) is 21.7. The van der Waals surface area contributed by atoms with Crippen LogP contribution in [0, 0.1) is 6.57 Å². The number of rotatable bonds is 12. The summed E-state index contributed by atoms with van der Waals surface area (Å²) in [5, 5.41) is 23.2. The number of hydrogen-bond donors (Lipinski definition) is 1. The van der Waals surface area contributed by atoms with Crippen molar-refractivity contribution in [3.05, 3.63) is 122 Å². The van der Waals surface area contributed by atoms with Crippen LogP contribution in [0.3, 0.4) is 0 Å². The summed E-state index contributed by atoms with van der Waals surface area (Å²) in [6, 6.07) is 18.5. The molecule has 8 heteroatoms. The lowest BCUT2D eigenvalue weighted by Crippen LogP contribution is -2.35. The molecule has 3 heterocycles. The molecule has 0 bridgehead atoms. The van der Waals surface area contributed by atoms with Crippen molar-refractivity contribution in [2.75, 3.05) is 18.0 Å². The Morgan fingerprint density at radius 3 is 2.43 bits per heavy atom. The van der Waals surface area contributed by atoms with Crippen LogP contribution >= 0.6 is 11.3 Å². The van der Waals surface area contributed by atoms with Crippen LogP contribution < -0.4 is 10.0 Å². The molecule has 1 N–H and O–H groups in total. The fourth-order valence-electron chi connectivity index (χ4n) is 7.62. The topological polar surface area (TPSA) is 88.0 Å². The molecule has 2 aliphatic heterocycles. The van der Waals surface area contributed by atoms with Crippen molar-refractivity contribution in [1.29, 1.82) is 0 Å². The van der Waals surface area contributed by atoms with Crippen molar-refractivity contribution in [2.45, 2.75) is 84.5 Å². The molecule has 6 rings (SSSR count). The van der Waals surface area contributed by atoms with Gasteiger partial charge in [0.05, 0.1) is 12.0 Å². The van der Waals surface area contributed by atoms with Crippen molar-refractivity contribution >= 4 is 46.3 Å². The second-order valence-electron chi connectivity index (χ2n) is 14.6. The van der Waals surface area contributed by atoms with Crippen molar-refractivity contribution < 1.29 is 24.4 Å². The van der Waals surface area contributed by atoms with E-state index in [9.17, 15) is 19.8 Å². The molecule has 0 unspecified atom stereocenters. The third-order valence-electron chi connectivity index (χ3n) is 10.4. The molecule has 0 amide bonds. The maximum absolute atomic E-state index is 13.9. The summed E-state index contributed by atoms with van der Waals surface area (Å²) in [4.78, 5) is 32.4. The number of unbranched alkanes of at least 4 members (excludes halogenated alkanes) is 3.